The predicted octanol–water partition coefficient (Wildman–Crippen LogP) is 1.83. The first-order valence-electron chi connectivity index (χ1n) is 25.3. The van der Waals surface area contributed by atoms with Crippen LogP contribution in [0.5, 0.6) is 5.75 Å². The van der Waals surface area contributed by atoms with Crippen LogP contribution in [0.15, 0.2) is 66.7 Å². The second-order valence-corrected chi connectivity index (χ2v) is 23.0. The summed E-state index contributed by atoms with van der Waals surface area (Å²) in [5.74, 6) is -4.42. The molecule has 81 heavy (non-hydrogen) atoms. The molecule has 2 aromatic heterocycles. The molecule has 0 spiro atoms. The average molecular weight is 1200 g/mol. The molecule has 4 aromatic rings. The van der Waals surface area contributed by atoms with Gasteiger partial charge >= 0.3 is 0 Å². The van der Waals surface area contributed by atoms with Gasteiger partial charge in [-0.3, -0.25) is 48.1 Å². The number of aromatic hydroxyl groups is 1. The summed E-state index contributed by atoms with van der Waals surface area (Å²) in [6, 6.07) is 13.9. The number of para-hydroxylation sites is 2. The van der Waals surface area contributed by atoms with E-state index in [0.29, 0.717) is 22.9 Å². The maximum absolute atomic E-state index is 14.5. The largest absolute Gasteiger partial charge is 0.505 e. The van der Waals surface area contributed by atoms with Crippen LogP contribution in [0.2, 0.25) is 0 Å². The van der Waals surface area contributed by atoms with Crippen molar-refractivity contribution in [3.63, 3.8) is 0 Å². The summed E-state index contributed by atoms with van der Waals surface area (Å²) in [4.78, 5) is 145. The van der Waals surface area contributed by atoms with Crippen molar-refractivity contribution < 1.29 is 53.1 Å². The van der Waals surface area contributed by atoms with Crippen molar-refractivity contribution in [2.75, 3.05) is 119 Å². The molecule has 4 rings (SSSR count). The lowest BCUT2D eigenvalue weighted by molar-refractivity contribution is -0.148. The topological polar surface area (TPSA) is 284 Å². The molecule has 0 saturated carbocycles. The first-order chi connectivity index (χ1) is 38.3. The Morgan fingerprint density at radius 1 is 0.654 bits per heavy atom. The molecule has 0 aliphatic rings. The van der Waals surface area contributed by atoms with Crippen molar-refractivity contribution in [1.82, 2.24) is 60.6 Å². The van der Waals surface area contributed by atoms with Crippen LogP contribution in [0.25, 0.3) is 21.8 Å². The van der Waals surface area contributed by atoms with E-state index in [4.69, 9.17) is 0 Å². The van der Waals surface area contributed by atoms with Crippen molar-refractivity contribution in [1.29, 1.82) is 0 Å². The molecule has 0 radical (unpaired) electrons. The third kappa shape index (κ3) is 21.7. The number of hydrogen-bond acceptors (Lipinski definition) is 19. The van der Waals surface area contributed by atoms with Gasteiger partial charge < -0.3 is 55.7 Å². The first kappa shape index (κ1) is 70.6. The highest BCUT2D eigenvalue weighted by Gasteiger charge is 2.37. The molecular formula is C54H78N12O11S4. The summed E-state index contributed by atoms with van der Waals surface area (Å²) in [6.45, 7) is 2.14. The third-order valence-electron chi connectivity index (χ3n) is 12.4. The first-order valence-corrected chi connectivity index (χ1v) is 30.8. The minimum atomic E-state index is -1.20. The van der Waals surface area contributed by atoms with Crippen LogP contribution in [-0.2, 0) is 38.4 Å². The fourth-order valence-corrected chi connectivity index (χ4v) is 10.7. The number of nitrogens with one attached hydrogen (secondary N) is 4. The summed E-state index contributed by atoms with van der Waals surface area (Å²) >= 11 is 3.05. The van der Waals surface area contributed by atoms with Crippen LogP contribution in [-0.4, -0.2) is 260 Å². The summed E-state index contributed by atoms with van der Waals surface area (Å²) in [7, 11) is 16.5. The third-order valence-corrected chi connectivity index (χ3v) is 15.4. The summed E-state index contributed by atoms with van der Waals surface area (Å²) in [5, 5.41) is 22.4. The molecule has 8 amide bonds. The van der Waals surface area contributed by atoms with Crippen LogP contribution in [0.4, 0.5) is 0 Å². The Morgan fingerprint density at radius 3 is 1.77 bits per heavy atom. The van der Waals surface area contributed by atoms with Crippen LogP contribution < -0.4 is 21.3 Å². The van der Waals surface area contributed by atoms with E-state index in [1.54, 1.807) is 95.4 Å². The molecule has 5 N–H and O–H groups in total. The molecule has 6 atom stereocenters. The van der Waals surface area contributed by atoms with Gasteiger partial charge in [0, 0.05) is 76.9 Å². The number of aromatic nitrogens is 2. The Morgan fingerprint density at radius 2 is 1.21 bits per heavy atom. The lowest BCUT2D eigenvalue weighted by Gasteiger charge is -2.36. The number of pyridine rings is 2. The fraction of sp³-hybridized carbons (Fsp3) is 0.481. The Balaban J connectivity index is 0.00000128. The molecule has 0 saturated heterocycles. The van der Waals surface area contributed by atoms with E-state index in [-0.39, 0.29) is 53.6 Å². The van der Waals surface area contributed by atoms with E-state index in [0.717, 1.165) is 22.1 Å². The van der Waals surface area contributed by atoms with Gasteiger partial charge in [0.15, 0.2) is 12.0 Å². The van der Waals surface area contributed by atoms with Gasteiger partial charge in [0.05, 0.1) is 30.2 Å². The predicted molar refractivity (Wildman–Crippen MR) is 324 cm³/mol. The van der Waals surface area contributed by atoms with Crippen molar-refractivity contribution in [3.8, 4) is 5.75 Å². The summed E-state index contributed by atoms with van der Waals surface area (Å²) in [6.07, 6.45) is 7.13. The number of amides is 8. The average Bonchev–Trinajstić information content (AvgIpc) is 3.50. The van der Waals surface area contributed by atoms with Crippen molar-refractivity contribution in [2.45, 2.75) is 50.1 Å². The van der Waals surface area contributed by atoms with Crippen LogP contribution in [0, 0.1) is 0 Å². The number of carbonyl (C=O) groups excluding carboxylic acids is 10. The Hall–Kier alpha value is -6.52. The summed E-state index contributed by atoms with van der Waals surface area (Å²) in [5.41, 5.74) is 1.50. The second kappa shape index (κ2) is 36.0. The Kier molecular flexibility index (Phi) is 31.4. The number of fused-ring (bicyclic) bond motifs is 2. The summed E-state index contributed by atoms with van der Waals surface area (Å²) < 4.78 is 0. The Bertz CT molecular complexity index is 2780. The van der Waals surface area contributed by atoms with Gasteiger partial charge in [-0.15, -0.1) is 0 Å². The number of nitrogens with zero attached hydrogens (tertiary/aromatic N) is 8. The molecule has 0 aliphatic carbocycles. The van der Waals surface area contributed by atoms with Gasteiger partial charge in [0.2, 0.25) is 41.4 Å². The van der Waals surface area contributed by atoms with Gasteiger partial charge in [-0.05, 0) is 78.0 Å². The molecule has 0 aliphatic heterocycles. The van der Waals surface area contributed by atoms with E-state index in [1.807, 2.05) is 42.8 Å². The number of rotatable bonds is 27. The van der Waals surface area contributed by atoms with E-state index in [2.05, 4.69) is 31.2 Å². The molecule has 2 aromatic carbocycles. The van der Waals surface area contributed by atoms with Gasteiger partial charge in [0.1, 0.15) is 47.9 Å². The lowest BCUT2D eigenvalue weighted by atomic mass is 10.1. The minimum Gasteiger partial charge on any atom is -0.505 e. The quantitative estimate of drug-likeness (QED) is 0.0323. The number of carbonyl (C=O) groups is 10. The van der Waals surface area contributed by atoms with E-state index >= 15 is 0 Å². The number of hydrogen-bond donors (Lipinski definition) is 5. The molecule has 0 fully saturated rings. The van der Waals surface area contributed by atoms with Crippen LogP contribution in [0.3, 0.4) is 0 Å². The molecule has 27 heteroatoms. The van der Waals surface area contributed by atoms with E-state index in [9.17, 15) is 53.1 Å². The zero-order valence-corrected chi connectivity index (χ0v) is 51.7. The number of aldehydes is 2. The number of benzene rings is 2. The molecule has 23 nitrogen and oxygen atoms in total. The molecule has 2 heterocycles. The maximum Gasteiger partial charge on any atom is 0.274 e. The number of likely N-dealkylation sites (N-methyl/N-ethyl adjacent to an activating group) is 7. The zero-order valence-electron chi connectivity index (χ0n) is 48.5. The maximum atomic E-state index is 14.5. The lowest BCUT2D eigenvalue weighted by Crippen LogP contribution is -2.58. The van der Waals surface area contributed by atoms with Gasteiger partial charge in [-0.25, -0.2) is 9.97 Å². The fourth-order valence-electron chi connectivity index (χ4n) is 7.43. The van der Waals surface area contributed by atoms with Crippen molar-refractivity contribution in [2.24, 2.45) is 0 Å². The highest BCUT2D eigenvalue weighted by atomic mass is 33.1. The monoisotopic (exact) mass is 1200 g/mol. The highest BCUT2D eigenvalue weighted by Crippen LogP contribution is 2.27. The van der Waals surface area contributed by atoms with Gasteiger partial charge in [-0.1, -0.05) is 64.1 Å². The van der Waals surface area contributed by atoms with E-state index < -0.39 is 78.2 Å². The highest BCUT2D eigenvalue weighted by molar-refractivity contribution is 8.76. The van der Waals surface area contributed by atoms with E-state index in [1.165, 1.54) is 94.1 Å². The smallest absolute Gasteiger partial charge is 0.274 e. The van der Waals surface area contributed by atoms with Crippen molar-refractivity contribution >= 4 is 127 Å². The van der Waals surface area contributed by atoms with Gasteiger partial charge in [0.25, 0.3) is 5.91 Å². The molecule has 0 unspecified atom stereocenters. The second-order valence-electron chi connectivity index (χ2n) is 18.7. The van der Waals surface area contributed by atoms with Crippen molar-refractivity contribution in [3.05, 3.63) is 78.1 Å². The normalized spacial score (nSPS) is 13.0. The number of thioether (sulfide) groups is 2. The zero-order chi connectivity index (χ0) is 61.1. The minimum absolute atomic E-state index is 0.0207. The SMILES string of the molecule is CN[C@@H](CN(C)C(=O)[C@H](CSC)N(C)C(=O)[C@H](CSSC[C@@H](C(=O)N(C)[C@@H](C)C(=O)N(C)C)N(C)C)N(C)C(=O)CNC(=O)[C@@H](C)NC(=O)c1nc2ccccc2cc1O)C(=O)NCC=O.CSC.O=Cc1ccc2ccccc2n1. The van der Waals surface area contributed by atoms with Gasteiger partial charge in [-0.2, -0.15) is 23.5 Å². The standard InChI is InChI=1S/C42H65N11O10S3.C10H7NO.C2H6S/c1-25(46-38(59)35-33(55)19-27-15-13-14-16-28(27)47-35)36(57)45-20-34(56)52(10)32(24-66-65-23-30(48(4)5)41(62)51(9)26(2)39(60)49(6)7)42(63)53(11)31(22-64-12)40(61)50(8)21-29(43-3)37(58)44-17-18-54;12-7-9-6-5-8-3-1-2-4-10(8)11-9;1-3-2/h13-16,18-19,25-26,29-32,43,55H,17,20-24H2,1-12H3,(H,44,58)(H,45,57)(H,46,59);1-7H;1-2H3/t25-,26+,29+,30+,31+,32+;;/m1../s1. The molecule has 0 bridgehead atoms. The molecular weight excluding hydrogens is 1120 g/mol. The molecule has 444 valence electrons. The van der Waals surface area contributed by atoms with Crippen LogP contribution in [0.1, 0.15) is 34.8 Å². The van der Waals surface area contributed by atoms with Crippen LogP contribution >= 0.6 is 45.1 Å². The Labute approximate surface area is 491 Å².